The van der Waals surface area contributed by atoms with Crippen molar-refractivity contribution in [1.29, 1.82) is 0 Å². The fourth-order valence-electron chi connectivity index (χ4n) is 1.68. The van der Waals surface area contributed by atoms with Crippen LogP contribution in [0.4, 0.5) is 0 Å². The van der Waals surface area contributed by atoms with E-state index in [4.69, 9.17) is 14.6 Å². The first kappa shape index (κ1) is 10.9. The van der Waals surface area contributed by atoms with Crippen molar-refractivity contribution in [1.82, 2.24) is 4.90 Å². The van der Waals surface area contributed by atoms with Gasteiger partial charge in [-0.1, -0.05) is 6.92 Å². The van der Waals surface area contributed by atoms with Crippen molar-refractivity contribution in [2.24, 2.45) is 0 Å². The molecule has 4 nitrogen and oxygen atoms in total. The van der Waals surface area contributed by atoms with Crippen LogP contribution < -0.4 is 0 Å². The van der Waals surface area contributed by atoms with Crippen LogP contribution in [0, 0.1) is 0 Å². The summed E-state index contributed by atoms with van der Waals surface area (Å²) in [5, 5.41) is 9.05. The molecule has 0 amide bonds. The zero-order valence-corrected chi connectivity index (χ0v) is 8.62. The van der Waals surface area contributed by atoms with Crippen molar-refractivity contribution in [3.63, 3.8) is 0 Å². The van der Waals surface area contributed by atoms with Crippen LogP contribution in [-0.4, -0.2) is 55.8 Å². The molecule has 1 rings (SSSR count). The Kier molecular flexibility index (Phi) is 3.67. The van der Waals surface area contributed by atoms with Crippen LogP contribution in [0.3, 0.4) is 0 Å². The molecule has 0 spiro atoms. The summed E-state index contributed by atoms with van der Waals surface area (Å²) in [6.07, 6.45) is 0.958. The van der Waals surface area contributed by atoms with Crippen LogP contribution in [0.2, 0.25) is 0 Å². The molecular formula is C9H19NO3. The van der Waals surface area contributed by atoms with E-state index >= 15 is 0 Å². The third-order valence-corrected chi connectivity index (χ3v) is 2.83. The Morgan fingerprint density at radius 3 is 2.23 bits per heavy atom. The highest BCUT2D eigenvalue weighted by atomic mass is 16.7. The van der Waals surface area contributed by atoms with Crippen molar-refractivity contribution in [2.45, 2.75) is 25.2 Å². The highest BCUT2D eigenvalue weighted by molar-refractivity contribution is 4.92. The van der Waals surface area contributed by atoms with Crippen LogP contribution >= 0.6 is 0 Å². The van der Waals surface area contributed by atoms with Gasteiger partial charge in [0, 0.05) is 20.3 Å². The first-order chi connectivity index (χ1) is 6.21. The van der Waals surface area contributed by atoms with E-state index in [9.17, 15) is 0 Å². The monoisotopic (exact) mass is 189 g/mol. The van der Waals surface area contributed by atoms with Crippen LogP contribution in [0.15, 0.2) is 0 Å². The van der Waals surface area contributed by atoms with Gasteiger partial charge in [0.25, 0.3) is 0 Å². The van der Waals surface area contributed by atoms with E-state index in [-0.39, 0.29) is 12.6 Å². The highest BCUT2D eigenvalue weighted by Gasteiger charge is 2.45. The number of aliphatic hydroxyl groups excluding tert-OH is 1. The van der Waals surface area contributed by atoms with Gasteiger partial charge < -0.3 is 14.6 Å². The lowest BCUT2D eigenvalue weighted by atomic mass is 10.0. The summed E-state index contributed by atoms with van der Waals surface area (Å²) in [6, 6.07) is 0.249. The molecule has 13 heavy (non-hydrogen) atoms. The second-order valence-electron chi connectivity index (χ2n) is 3.47. The summed E-state index contributed by atoms with van der Waals surface area (Å²) in [5.74, 6) is -0.428. The lowest BCUT2D eigenvalue weighted by Crippen LogP contribution is -2.66. The molecule has 0 aliphatic carbocycles. The summed E-state index contributed by atoms with van der Waals surface area (Å²) in [6.45, 7) is 3.78. The highest BCUT2D eigenvalue weighted by Crippen LogP contribution is 2.27. The van der Waals surface area contributed by atoms with Crippen molar-refractivity contribution in [3.8, 4) is 0 Å². The fraction of sp³-hybridized carbons (Fsp3) is 1.00. The first-order valence-electron chi connectivity index (χ1n) is 4.66. The Balaban J connectivity index is 2.38. The number of hydrogen-bond acceptors (Lipinski definition) is 4. The smallest absolute Gasteiger partial charge is 0.193 e. The molecule has 0 aromatic heterocycles. The molecule has 1 aliphatic heterocycles. The third-order valence-electron chi connectivity index (χ3n) is 2.83. The van der Waals surface area contributed by atoms with Crippen LogP contribution in [0.5, 0.6) is 0 Å². The summed E-state index contributed by atoms with van der Waals surface area (Å²) >= 11 is 0. The molecule has 1 fully saturated rings. The quantitative estimate of drug-likeness (QED) is 0.621. The van der Waals surface area contributed by atoms with Gasteiger partial charge in [-0.2, -0.15) is 0 Å². The van der Waals surface area contributed by atoms with E-state index in [0.717, 1.165) is 19.5 Å². The molecule has 1 atom stereocenters. The average molecular weight is 189 g/mol. The molecule has 1 heterocycles. The van der Waals surface area contributed by atoms with Crippen LogP contribution in [0.25, 0.3) is 0 Å². The van der Waals surface area contributed by atoms with Gasteiger partial charge in [0.2, 0.25) is 0 Å². The Hall–Kier alpha value is -0.160. The Bertz CT molecular complexity index is 147. The van der Waals surface area contributed by atoms with E-state index < -0.39 is 5.79 Å². The Morgan fingerprint density at radius 2 is 1.92 bits per heavy atom. The molecular weight excluding hydrogens is 170 g/mol. The number of nitrogens with zero attached hydrogens (tertiary/aromatic N) is 1. The predicted molar refractivity (Wildman–Crippen MR) is 49.5 cm³/mol. The maximum atomic E-state index is 9.05. The number of hydrogen-bond donors (Lipinski definition) is 1. The molecule has 4 heteroatoms. The lowest BCUT2D eigenvalue weighted by Gasteiger charge is -2.50. The fourth-order valence-corrected chi connectivity index (χ4v) is 1.68. The van der Waals surface area contributed by atoms with Crippen LogP contribution in [0.1, 0.15) is 13.3 Å². The minimum absolute atomic E-state index is 0.208. The summed E-state index contributed by atoms with van der Waals surface area (Å²) in [7, 11) is 3.31. The largest absolute Gasteiger partial charge is 0.395 e. The van der Waals surface area contributed by atoms with Gasteiger partial charge in [0.05, 0.1) is 19.7 Å². The first-order valence-corrected chi connectivity index (χ1v) is 4.66. The van der Waals surface area contributed by atoms with Crippen molar-refractivity contribution >= 4 is 0 Å². The molecule has 0 unspecified atom stereocenters. The lowest BCUT2D eigenvalue weighted by molar-refractivity contribution is -0.283. The van der Waals surface area contributed by atoms with Crippen molar-refractivity contribution < 1.29 is 14.6 Å². The van der Waals surface area contributed by atoms with Gasteiger partial charge in [-0.05, 0) is 6.42 Å². The number of aliphatic hydroxyl groups is 1. The van der Waals surface area contributed by atoms with E-state index in [1.54, 1.807) is 14.2 Å². The average Bonchev–Trinajstić information content (AvgIpc) is 2.11. The van der Waals surface area contributed by atoms with Crippen molar-refractivity contribution in [2.75, 3.05) is 33.9 Å². The summed E-state index contributed by atoms with van der Waals surface area (Å²) in [4.78, 5) is 2.17. The Morgan fingerprint density at radius 1 is 1.38 bits per heavy atom. The minimum atomic E-state index is -0.428. The summed E-state index contributed by atoms with van der Waals surface area (Å²) in [5.41, 5.74) is 0. The van der Waals surface area contributed by atoms with Gasteiger partial charge in [-0.25, -0.2) is 0 Å². The minimum Gasteiger partial charge on any atom is -0.395 e. The van der Waals surface area contributed by atoms with Gasteiger partial charge in [-0.15, -0.1) is 0 Å². The van der Waals surface area contributed by atoms with E-state index in [2.05, 4.69) is 11.8 Å². The number of methoxy groups -OCH3 is 2. The molecule has 0 bridgehead atoms. The Labute approximate surface area is 79.4 Å². The van der Waals surface area contributed by atoms with Crippen LogP contribution in [-0.2, 0) is 9.47 Å². The zero-order valence-electron chi connectivity index (χ0n) is 8.62. The SMILES string of the molecule is CC[C@H](CO)N1CC(OC)(OC)C1. The molecule has 0 radical (unpaired) electrons. The van der Waals surface area contributed by atoms with E-state index in [1.165, 1.54) is 0 Å². The molecule has 1 saturated heterocycles. The normalized spacial score (nSPS) is 24.0. The predicted octanol–water partition coefficient (Wildman–Crippen LogP) is 0.0620. The van der Waals surface area contributed by atoms with Gasteiger partial charge in [0.1, 0.15) is 0 Å². The van der Waals surface area contributed by atoms with Crippen molar-refractivity contribution in [3.05, 3.63) is 0 Å². The zero-order chi connectivity index (χ0) is 9.90. The molecule has 1 N–H and O–H groups in total. The third kappa shape index (κ3) is 2.02. The maximum Gasteiger partial charge on any atom is 0.193 e. The summed E-state index contributed by atoms with van der Waals surface area (Å²) < 4.78 is 10.5. The van der Waals surface area contributed by atoms with Gasteiger partial charge in [-0.3, -0.25) is 4.90 Å². The van der Waals surface area contributed by atoms with E-state index in [0.29, 0.717) is 0 Å². The topological polar surface area (TPSA) is 41.9 Å². The molecule has 0 saturated carbocycles. The van der Waals surface area contributed by atoms with Gasteiger partial charge in [0.15, 0.2) is 5.79 Å². The van der Waals surface area contributed by atoms with Gasteiger partial charge >= 0.3 is 0 Å². The van der Waals surface area contributed by atoms with E-state index in [1.807, 2.05) is 0 Å². The maximum absolute atomic E-state index is 9.05. The molecule has 78 valence electrons. The standard InChI is InChI=1S/C9H19NO3/c1-4-8(5-11)10-6-9(7-10,12-2)13-3/h8,11H,4-7H2,1-3H3/t8-/m1/s1. The second kappa shape index (κ2) is 4.37. The number of ether oxygens (including phenoxy) is 2. The number of rotatable bonds is 5. The second-order valence-corrected chi connectivity index (χ2v) is 3.47. The molecule has 1 aliphatic rings. The molecule has 0 aromatic carbocycles. The number of likely N-dealkylation sites (tertiary alicyclic amines) is 1. The molecule has 0 aromatic rings.